The van der Waals surface area contributed by atoms with Gasteiger partial charge in [0.15, 0.2) is 5.82 Å². The molecule has 2 N–H and O–H groups in total. The van der Waals surface area contributed by atoms with Gasteiger partial charge < -0.3 is 9.88 Å². The van der Waals surface area contributed by atoms with Crippen LogP contribution in [0.25, 0.3) is 0 Å². The predicted molar refractivity (Wildman–Crippen MR) is 78.3 cm³/mol. The van der Waals surface area contributed by atoms with Crippen molar-refractivity contribution in [2.45, 2.75) is 39.9 Å². The normalized spacial score (nSPS) is 13.5. The van der Waals surface area contributed by atoms with Crippen LogP contribution in [0.1, 0.15) is 37.0 Å². The van der Waals surface area contributed by atoms with Crippen LogP contribution in [0.3, 0.4) is 0 Å². The number of anilines is 1. The van der Waals surface area contributed by atoms with Crippen LogP contribution in [0.5, 0.6) is 0 Å². The summed E-state index contributed by atoms with van der Waals surface area (Å²) in [5.74, 6) is 0.929. The fraction of sp³-hybridized carbons (Fsp3) is 0.462. The molecule has 9 nitrogen and oxygen atoms in total. The van der Waals surface area contributed by atoms with Crippen LogP contribution in [-0.4, -0.2) is 35.9 Å². The van der Waals surface area contributed by atoms with Crippen molar-refractivity contribution in [1.82, 2.24) is 29.9 Å². The van der Waals surface area contributed by atoms with E-state index in [4.69, 9.17) is 0 Å². The summed E-state index contributed by atoms with van der Waals surface area (Å²) >= 11 is 0. The van der Waals surface area contributed by atoms with Crippen molar-refractivity contribution in [3.63, 3.8) is 0 Å². The third kappa shape index (κ3) is 2.57. The Balaban J connectivity index is 1.72. The average molecular weight is 303 g/mol. The van der Waals surface area contributed by atoms with Crippen LogP contribution in [-0.2, 0) is 13.1 Å². The Morgan fingerprint density at radius 1 is 1.41 bits per heavy atom. The highest BCUT2D eigenvalue weighted by Crippen LogP contribution is 2.18. The van der Waals surface area contributed by atoms with Gasteiger partial charge in [-0.25, -0.2) is 14.5 Å². The Hall–Kier alpha value is -2.71. The lowest BCUT2D eigenvalue weighted by Gasteiger charge is -2.14. The molecule has 2 amide bonds. The van der Waals surface area contributed by atoms with Crippen LogP contribution < -0.4 is 10.9 Å². The van der Waals surface area contributed by atoms with Gasteiger partial charge >= 0.3 is 6.03 Å². The van der Waals surface area contributed by atoms with E-state index < -0.39 is 0 Å². The van der Waals surface area contributed by atoms with E-state index in [9.17, 15) is 9.59 Å². The summed E-state index contributed by atoms with van der Waals surface area (Å²) in [6.45, 7) is 6.20. The molecule has 0 bridgehead atoms. The third-order valence-electron chi connectivity index (χ3n) is 3.47. The molecule has 2 aromatic heterocycles. The minimum Gasteiger partial charge on any atom is -0.314 e. The molecule has 22 heavy (non-hydrogen) atoms. The number of aryl methyl sites for hydroxylation is 1. The number of hydrogen-bond donors (Lipinski definition) is 2. The zero-order chi connectivity index (χ0) is 15.9. The molecular formula is C13H17N7O2. The van der Waals surface area contributed by atoms with Crippen LogP contribution >= 0.6 is 0 Å². The van der Waals surface area contributed by atoms with Gasteiger partial charge in [0.05, 0.1) is 30.5 Å². The van der Waals surface area contributed by atoms with Gasteiger partial charge in [-0.1, -0.05) is 5.21 Å². The molecule has 2 aromatic rings. The van der Waals surface area contributed by atoms with E-state index in [1.54, 1.807) is 17.8 Å². The van der Waals surface area contributed by atoms with Gasteiger partial charge in [-0.3, -0.25) is 10.1 Å². The molecule has 0 fully saturated rings. The van der Waals surface area contributed by atoms with E-state index in [1.165, 1.54) is 4.90 Å². The summed E-state index contributed by atoms with van der Waals surface area (Å²) in [5.41, 5.74) is 0.984. The third-order valence-corrected chi connectivity index (χ3v) is 3.47. The van der Waals surface area contributed by atoms with E-state index >= 15 is 0 Å². The molecule has 3 heterocycles. The molecular weight excluding hydrogens is 286 g/mol. The average Bonchev–Trinajstić information content (AvgIpc) is 3.05. The molecule has 0 aromatic carbocycles. The summed E-state index contributed by atoms with van der Waals surface area (Å²) in [5, 5.41) is 10.5. The first-order valence-electron chi connectivity index (χ1n) is 7.00. The van der Waals surface area contributed by atoms with Crippen LogP contribution in [0.15, 0.2) is 11.0 Å². The first kappa shape index (κ1) is 14.2. The minimum atomic E-state index is -0.328. The predicted octanol–water partition coefficient (Wildman–Crippen LogP) is 0.798. The SMILES string of the molecule is Cc1nc2c(c(=O)[nH]1)CN(C(=O)Nc1cn(C(C)C)nn1)C2. The number of H-pyrrole nitrogens is 1. The van der Waals surface area contributed by atoms with Crippen LogP contribution in [0.4, 0.5) is 10.6 Å². The Bertz CT molecular complexity index is 777. The monoisotopic (exact) mass is 303 g/mol. The van der Waals surface area contributed by atoms with Crippen molar-refractivity contribution in [1.29, 1.82) is 0 Å². The van der Waals surface area contributed by atoms with E-state index in [0.29, 0.717) is 29.4 Å². The zero-order valence-electron chi connectivity index (χ0n) is 12.6. The molecule has 0 saturated heterocycles. The number of nitrogens with one attached hydrogen (secondary N) is 2. The van der Waals surface area contributed by atoms with E-state index in [0.717, 1.165) is 0 Å². The number of carbonyl (C=O) groups excluding carboxylic acids is 1. The van der Waals surface area contributed by atoms with Gasteiger partial charge in [0.1, 0.15) is 5.82 Å². The molecule has 3 rings (SSSR count). The maximum Gasteiger partial charge on any atom is 0.323 e. The van der Waals surface area contributed by atoms with Crippen molar-refractivity contribution in [3.05, 3.63) is 33.6 Å². The molecule has 0 saturated carbocycles. The quantitative estimate of drug-likeness (QED) is 0.853. The molecule has 0 spiro atoms. The second-order valence-corrected chi connectivity index (χ2v) is 5.54. The fourth-order valence-corrected chi connectivity index (χ4v) is 2.31. The highest BCUT2D eigenvalue weighted by Gasteiger charge is 2.27. The lowest BCUT2D eigenvalue weighted by Crippen LogP contribution is -2.30. The summed E-state index contributed by atoms with van der Waals surface area (Å²) in [7, 11) is 0. The van der Waals surface area contributed by atoms with Gasteiger partial charge in [0, 0.05) is 6.04 Å². The van der Waals surface area contributed by atoms with Gasteiger partial charge in [-0.15, -0.1) is 5.10 Å². The number of urea groups is 1. The van der Waals surface area contributed by atoms with Gasteiger partial charge in [-0.2, -0.15) is 0 Å². The molecule has 116 valence electrons. The number of rotatable bonds is 2. The maximum absolute atomic E-state index is 12.3. The lowest BCUT2D eigenvalue weighted by molar-refractivity contribution is 0.212. The highest BCUT2D eigenvalue weighted by atomic mass is 16.2. The number of hydrogen-bond acceptors (Lipinski definition) is 5. The standard InChI is InChI=1S/C13H17N7O2/c1-7(2)20-6-11(17-18-20)16-13(22)19-4-9-10(5-19)14-8(3)15-12(9)21/h6-7H,4-5H2,1-3H3,(H,16,22)(H,14,15,21). The Morgan fingerprint density at radius 3 is 2.86 bits per heavy atom. The second kappa shape index (κ2) is 5.24. The number of nitrogens with zero attached hydrogens (tertiary/aromatic N) is 5. The number of carbonyl (C=O) groups is 1. The van der Waals surface area contributed by atoms with E-state index in [2.05, 4.69) is 25.6 Å². The van der Waals surface area contributed by atoms with Gasteiger partial charge in [0.25, 0.3) is 5.56 Å². The summed E-state index contributed by atoms with van der Waals surface area (Å²) < 4.78 is 1.66. The molecule has 9 heteroatoms. The Morgan fingerprint density at radius 2 is 2.18 bits per heavy atom. The first-order chi connectivity index (χ1) is 10.4. The molecule has 0 radical (unpaired) electrons. The van der Waals surface area contributed by atoms with Crippen molar-refractivity contribution >= 4 is 11.8 Å². The molecule has 1 aliphatic heterocycles. The number of aromatic nitrogens is 5. The summed E-state index contributed by atoms with van der Waals surface area (Å²) in [6.07, 6.45) is 1.67. The van der Waals surface area contributed by atoms with Gasteiger partial charge in [0.2, 0.25) is 0 Å². The highest BCUT2D eigenvalue weighted by molar-refractivity contribution is 5.88. The number of aromatic amines is 1. The number of fused-ring (bicyclic) bond motifs is 1. The second-order valence-electron chi connectivity index (χ2n) is 5.54. The zero-order valence-corrected chi connectivity index (χ0v) is 12.6. The summed E-state index contributed by atoms with van der Waals surface area (Å²) in [6, 6.07) is -0.161. The van der Waals surface area contributed by atoms with Crippen molar-refractivity contribution in [2.24, 2.45) is 0 Å². The molecule has 0 aliphatic carbocycles. The Kier molecular flexibility index (Phi) is 3.39. The van der Waals surface area contributed by atoms with E-state index in [1.807, 2.05) is 13.8 Å². The van der Waals surface area contributed by atoms with Crippen LogP contribution in [0.2, 0.25) is 0 Å². The topological polar surface area (TPSA) is 109 Å². The van der Waals surface area contributed by atoms with Crippen molar-refractivity contribution in [3.8, 4) is 0 Å². The summed E-state index contributed by atoms with van der Waals surface area (Å²) in [4.78, 5) is 32.5. The van der Waals surface area contributed by atoms with Crippen molar-refractivity contribution in [2.75, 3.05) is 5.32 Å². The maximum atomic E-state index is 12.3. The molecule has 0 atom stereocenters. The minimum absolute atomic E-state index is 0.167. The number of amides is 2. The molecule has 0 unspecified atom stereocenters. The van der Waals surface area contributed by atoms with Crippen molar-refractivity contribution < 1.29 is 4.79 Å². The lowest BCUT2D eigenvalue weighted by atomic mass is 10.3. The van der Waals surface area contributed by atoms with E-state index in [-0.39, 0.29) is 24.2 Å². The molecule has 1 aliphatic rings. The Labute approximate surface area is 126 Å². The van der Waals surface area contributed by atoms with Gasteiger partial charge in [-0.05, 0) is 20.8 Å². The van der Waals surface area contributed by atoms with Crippen LogP contribution in [0, 0.1) is 6.92 Å². The fourth-order valence-electron chi connectivity index (χ4n) is 2.31. The smallest absolute Gasteiger partial charge is 0.314 e. The first-order valence-corrected chi connectivity index (χ1v) is 7.00. The largest absolute Gasteiger partial charge is 0.323 e.